The van der Waals surface area contributed by atoms with Crippen molar-refractivity contribution in [2.75, 3.05) is 27.2 Å². The van der Waals surface area contributed by atoms with Crippen LogP contribution in [0.5, 0.6) is 0 Å². The predicted octanol–water partition coefficient (Wildman–Crippen LogP) is 3.52. The van der Waals surface area contributed by atoms with Crippen molar-refractivity contribution in [3.63, 3.8) is 0 Å². The highest BCUT2D eigenvalue weighted by Gasteiger charge is 2.50. The summed E-state index contributed by atoms with van der Waals surface area (Å²) in [4.78, 5) is 28.8. The normalized spacial score (nSPS) is 25.6. The number of hydrogen-bond donors (Lipinski definition) is 1. The van der Waals surface area contributed by atoms with Gasteiger partial charge >= 0.3 is 12.0 Å². The van der Waals surface area contributed by atoms with Crippen LogP contribution in [0, 0.1) is 0 Å². The van der Waals surface area contributed by atoms with Crippen molar-refractivity contribution in [1.29, 1.82) is 0 Å². The van der Waals surface area contributed by atoms with Gasteiger partial charge in [0.15, 0.2) is 0 Å². The quantitative estimate of drug-likeness (QED) is 0.725. The molecule has 2 aromatic carbocycles. The number of ether oxygens (including phenoxy) is 1. The zero-order chi connectivity index (χ0) is 21.9. The Hall–Kier alpha value is -2.86. The summed E-state index contributed by atoms with van der Waals surface area (Å²) < 4.78 is 5.37. The molecule has 0 unspecified atom stereocenters. The van der Waals surface area contributed by atoms with Crippen molar-refractivity contribution in [3.05, 3.63) is 71.8 Å². The maximum atomic E-state index is 12.6. The molecule has 1 saturated carbocycles. The van der Waals surface area contributed by atoms with E-state index in [1.807, 2.05) is 36.4 Å². The highest BCUT2D eigenvalue weighted by Crippen LogP contribution is 2.45. The molecule has 1 aliphatic carbocycles. The predicted molar refractivity (Wildman–Crippen MR) is 119 cm³/mol. The zero-order valence-electron chi connectivity index (χ0n) is 18.3. The van der Waals surface area contributed by atoms with Crippen molar-refractivity contribution < 1.29 is 14.3 Å². The molecule has 4 rings (SSSR count). The van der Waals surface area contributed by atoms with Gasteiger partial charge in [-0.15, -0.1) is 0 Å². The van der Waals surface area contributed by atoms with Crippen LogP contribution in [0.25, 0.3) is 0 Å². The fourth-order valence-electron chi connectivity index (χ4n) is 5.02. The van der Waals surface area contributed by atoms with Gasteiger partial charge in [0.05, 0.1) is 5.54 Å². The van der Waals surface area contributed by atoms with Gasteiger partial charge < -0.3 is 15.0 Å². The topological polar surface area (TPSA) is 61.9 Å². The van der Waals surface area contributed by atoms with E-state index in [9.17, 15) is 9.59 Å². The van der Waals surface area contributed by atoms with Crippen molar-refractivity contribution in [1.82, 2.24) is 15.1 Å². The molecule has 1 heterocycles. The summed E-state index contributed by atoms with van der Waals surface area (Å²) in [5.74, 6) is -0.376. The molecule has 2 amide bonds. The van der Waals surface area contributed by atoms with Crippen molar-refractivity contribution in [2.45, 2.75) is 43.4 Å². The zero-order valence-corrected chi connectivity index (χ0v) is 18.3. The second kappa shape index (κ2) is 8.71. The van der Waals surface area contributed by atoms with E-state index in [2.05, 4.69) is 48.6 Å². The maximum absolute atomic E-state index is 12.6. The van der Waals surface area contributed by atoms with E-state index in [4.69, 9.17) is 4.74 Å². The fourth-order valence-corrected chi connectivity index (χ4v) is 5.02. The number of esters is 1. The highest BCUT2D eigenvalue weighted by atomic mass is 16.5. The molecule has 2 fully saturated rings. The minimum absolute atomic E-state index is 0.0159. The lowest BCUT2D eigenvalue weighted by Gasteiger charge is -2.48. The molecule has 1 N–H and O–H groups in total. The summed E-state index contributed by atoms with van der Waals surface area (Å²) in [5.41, 5.74) is 1.96. The Kier molecular flexibility index (Phi) is 6.01. The van der Waals surface area contributed by atoms with E-state index in [0.29, 0.717) is 6.54 Å². The van der Waals surface area contributed by atoms with Crippen molar-refractivity contribution in [2.24, 2.45) is 0 Å². The van der Waals surface area contributed by atoms with Gasteiger partial charge in [-0.25, -0.2) is 4.79 Å². The second-order valence-electron chi connectivity index (χ2n) is 9.00. The molecule has 1 aliphatic heterocycles. The van der Waals surface area contributed by atoms with Crippen LogP contribution in [0.3, 0.4) is 0 Å². The van der Waals surface area contributed by atoms with Crippen LogP contribution in [0.4, 0.5) is 4.79 Å². The maximum Gasteiger partial charge on any atom is 0.326 e. The number of nitrogens with one attached hydrogen (secondary N) is 1. The van der Waals surface area contributed by atoms with Gasteiger partial charge in [0.25, 0.3) is 0 Å². The molecule has 1 spiro atoms. The van der Waals surface area contributed by atoms with Crippen LogP contribution in [-0.4, -0.2) is 54.5 Å². The molecule has 164 valence electrons. The Bertz CT molecular complexity index is 906. The number of rotatable bonds is 6. The number of carbonyl (C=O) groups excluding carboxylic acids is 2. The SMILES string of the molecule is CN(C)[C@]1(c2ccccc2)CC[C@]2(CC1)CN(CC(=O)OCc1ccccc1)C(=O)N2. The summed E-state index contributed by atoms with van der Waals surface area (Å²) in [6, 6.07) is 20.0. The Morgan fingerprint density at radius 1 is 1.00 bits per heavy atom. The van der Waals surface area contributed by atoms with E-state index in [1.54, 1.807) is 4.90 Å². The molecule has 0 bridgehead atoms. The molecule has 0 atom stereocenters. The lowest BCUT2D eigenvalue weighted by atomic mass is 9.69. The van der Waals surface area contributed by atoms with Crippen LogP contribution in [0.1, 0.15) is 36.8 Å². The summed E-state index contributed by atoms with van der Waals surface area (Å²) in [7, 11) is 4.26. The molecule has 6 nitrogen and oxygen atoms in total. The van der Waals surface area contributed by atoms with Crippen LogP contribution in [0.15, 0.2) is 60.7 Å². The standard InChI is InChI=1S/C25H31N3O3/c1-27(2)25(21-11-7-4-8-12-21)15-13-24(14-16-25)19-28(23(30)26-24)17-22(29)31-18-20-9-5-3-6-10-20/h3-12H,13-19H2,1-2H3,(H,26,30)/t24-,25+. The van der Waals surface area contributed by atoms with Gasteiger partial charge in [-0.2, -0.15) is 0 Å². The highest BCUT2D eigenvalue weighted by molar-refractivity contribution is 5.83. The first kappa shape index (κ1) is 21.4. The fraction of sp³-hybridized carbons (Fsp3) is 0.440. The molecule has 6 heteroatoms. The summed E-state index contributed by atoms with van der Waals surface area (Å²) in [6.45, 7) is 0.755. The monoisotopic (exact) mass is 421 g/mol. The van der Waals surface area contributed by atoms with Crippen LogP contribution >= 0.6 is 0 Å². The molecule has 2 aromatic rings. The van der Waals surface area contributed by atoms with Crippen LogP contribution in [0.2, 0.25) is 0 Å². The second-order valence-corrected chi connectivity index (χ2v) is 9.00. The first-order valence-corrected chi connectivity index (χ1v) is 10.9. The minimum Gasteiger partial charge on any atom is -0.459 e. The third kappa shape index (κ3) is 4.44. The molecule has 2 aliphatic rings. The number of urea groups is 1. The minimum atomic E-state index is -0.376. The van der Waals surface area contributed by atoms with E-state index >= 15 is 0 Å². The first-order chi connectivity index (χ1) is 14.9. The van der Waals surface area contributed by atoms with Gasteiger partial charge in [0.1, 0.15) is 13.2 Å². The molecular weight excluding hydrogens is 390 g/mol. The number of carbonyl (C=O) groups is 2. The number of nitrogens with zero attached hydrogens (tertiary/aromatic N) is 2. The van der Waals surface area contributed by atoms with Crippen molar-refractivity contribution in [3.8, 4) is 0 Å². The van der Waals surface area contributed by atoms with Gasteiger partial charge in [-0.3, -0.25) is 9.69 Å². The number of amides is 2. The van der Waals surface area contributed by atoms with Gasteiger partial charge in [-0.1, -0.05) is 60.7 Å². The van der Waals surface area contributed by atoms with Crippen LogP contribution < -0.4 is 5.32 Å². The molecule has 1 saturated heterocycles. The van der Waals surface area contributed by atoms with Crippen LogP contribution in [-0.2, 0) is 21.7 Å². The van der Waals surface area contributed by atoms with Gasteiger partial charge in [0.2, 0.25) is 0 Å². The van der Waals surface area contributed by atoms with Gasteiger partial charge in [-0.05, 0) is 50.9 Å². The number of hydrogen-bond acceptors (Lipinski definition) is 4. The average Bonchev–Trinajstić information content (AvgIpc) is 3.08. The Morgan fingerprint density at radius 2 is 1.61 bits per heavy atom. The van der Waals surface area contributed by atoms with E-state index in [-0.39, 0.29) is 36.2 Å². The molecule has 31 heavy (non-hydrogen) atoms. The van der Waals surface area contributed by atoms with E-state index in [1.165, 1.54) is 5.56 Å². The Labute approximate surface area is 184 Å². The summed E-state index contributed by atoms with van der Waals surface area (Å²) in [6.07, 6.45) is 3.66. The lowest BCUT2D eigenvalue weighted by Crippen LogP contribution is -2.54. The molecule has 0 aromatic heterocycles. The summed E-state index contributed by atoms with van der Waals surface area (Å²) >= 11 is 0. The Balaban J connectivity index is 1.36. The largest absolute Gasteiger partial charge is 0.459 e. The average molecular weight is 422 g/mol. The lowest BCUT2D eigenvalue weighted by molar-refractivity contribution is -0.145. The molecular formula is C25H31N3O3. The van der Waals surface area contributed by atoms with Crippen molar-refractivity contribution >= 4 is 12.0 Å². The first-order valence-electron chi connectivity index (χ1n) is 10.9. The summed E-state index contributed by atoms with van der Waals surface area (Å²) in [5, 5.41) is 3.19. The van der Waals surface area contributed by atoms with E-state index in [0.717, 1.165) is 31.2 Å². The third-order valence-electron chi connectivity index (χ3n) is 6.92. The van der Waals surface area contributed by atoms with Gasteiger partial charge in [0, 0.05) is 12.1 Å². The third-order valence-corrected chi connectivity index (χ3v) is 6.92. The number of benzene rings is 2. The smallest absolute Gasteiger partial charge is 0.326 e. The molecule has 0 radical (unpaired) electrons. The Morgan fingerprint density at radius 3 is 2.23 bits per heavy atom. The van der Waals surface area contributed by atoms with E-state index < -0.39 is 0 Å².